The highest BCUT2D eigenvalue weighted by atomic mass is 16.5. The highest BCUT2D eigenvalue weighted by Gasteiger charge is 2.15. The van der Waals surface area contributed by atoms with Crippen molar-refractivity contribution in [3.05, 3.63) is 0 Å². The van der Waals surface area contributed by atoms with E-state index in [4.69, 9.17) is 4.74 Å². The van der Waals surface area contributed by atoms with Crippen molar-refractivity contribution in [2.45, 2.75) is 39.3 Å². The van der Waals surface area contributed by atoms with Crippen LogP contribution in [0, 0.1) is 0 Å². The summed E-state index contributed by atoms with van der Waals surface area (Å²) in [6.45, 7) is 10.5. The molecule has 1 fully saturated rings. The minimum Gasteiger partial charge on any atom is -0.379 e. The molecule has 5 nitrogen and oxygen atoms in total. The van der Waals surface area contributed by atoms with Gasteiger partial charge in [0.25, 0.3) is 0 Å². The number of nitrogens with one attached hydrogen (secondary N) is 2. The summed E-state index contributed by atoms with van der Waals surface area (Å²) in [5, 5.41) is 5.86. The molecule has 1 heterocycles. The van der Waals surface area contributed by atoms with Crippen LogP contribution in [-0.4, -0.2) is 55.9 Å². The Hall–Kier alpha value is -0.810. The lowest BCUT2D eigenvalue weighted by molar-refractivity contribution is 0.0349. The van der Waals surface area contributed by atoms with Gasteiger partial charge in [0.2, 0.25) is 0 Å². The molecule has 0 aromatic heterocycles. The Balaban J connectivity index is 2.18. The number of carbonyl (C=O) groups is 1. The molecule has 0 radical (unpaired) electrons. The third-order valence-electron chi connectivity index (χ3n) is 3.00. The van der Waals surface area contributed by atoms with E-state index < -0.39 is 0 Å². The molecule has 5 heteroatoms. The molecule has 2 unspecified atom stereocenters. The fourth-order valence-electron chi connectivity index (χ4n) is 1.81. The maximum Gasteiger partial charge on any atom is 0.315 e. The molecule has 1 rings (SSSR count). The largest absolute Gasteiger partial charge is 0.379 e. The van der Waals surface area contributed by atoms with E-state index in [1.807, 2.05) is 13.8 Å². The van der Waals surface area contributed by atoms with E-state index in [9.17, 15) is 4.79 Å². The second-order valence-corrected chi connectivity index (χ2v) is 4.74. The van der Waals surface area contributed by atoms with Crippen LogP contribution < -0.4 is 10.6 Å². The molecule has 2 N–H and O–H groups in total. The quantitative estimate of drug-likeness (QED) is 0.751. The highest BCUT2D eigenvalue weighted by Crippen LogP contribution is 1.98. The summed E-state index contributed by atoms with van der Waals surface area (Å²) >= 11 is 0. The summed E-state index contributed by atoms with van der Waals surface area (Å²) in [6.07, 6.45) is 0.950. The standard InChI is InChI=1S/C12H25N3O2/c1-4-10(2)13-12(16)14-11(3)9-15-5-7-17-8-6-15/h10-11H,4-9H2,1-3H3,(H2,13,14,16). The van der Waals surface area contributed by atoms with Crippen molar-refractivity contribution in [3.63, 3.8) is 0 Å². The molecule has 1 saturated heterocycles. The smallest absolute Gasteiger partial charge is 0.315 e. The molecular weight excluding hydrogens is 218 g/mol. The second kappa shape index (κ2) is 7.50. The minimum atomic E-state index is -0.0693. The molecule has 2 atom stereocenters. The van der Waals surface area contributed by atoms with Crippen LogP contribution in [0.15, 0.2) is 0 Å². The molecule has 2 amide bonds. The van der Waals surface area contributed by atoms with E-state index in [2.05, 4.69) is 22.5 Å². The fraction of sp³-hybridized carbons (Fsp3) is 0.917. The van der Waals surface area contributed by atoms with E-state index in [1.54, 1.807) is 0 Å². The van der Waals surface area contributed by atoms with Gasteiger partial charge in [0.15, 0.2) is 0 Å². The van der Waals surface area contributed by atoms with Crippen LogP contribution in [-0.2, 0) is 4.74 Å². The normalized spacial score (nSPS) is 20.6. The number of ether oxygens (including phenoxy) is 1. The second-order valence-electron chi connectivity index (χ2n) is 4.74. The number of amides is 2. The lowest BCUT2D eigenvalue weighted by Crippen LogP contribution is -2.49. The third kappa shape index (κ3) is 5.89. The van der Waals surface area contributed by atoms with Crippen LogP contribution in [0.4, 0.5) is 4.79 Å². The topological polar surface area (TPSA) is 53.6 Å². The van der Waals surface area contributed by atoms with Gasteiger partial charge in [-0.25, -0.2) is 4.79 Å². The van der Waals surface area contributed by atoms with Crippen molar-refractivity contribution in [2.75, 3.05) is 32.8 Å². The van der Waals surface area contributed by atoms with Crippen LogP contribution in [0.5, 0.6) is 0 Å². The predicted octanol–water partition coefficient (Wildman–Crippen LogP) is 0.805. The van der Waals surface area contributed by atoms with Crippen molar-refractivity contribution in [1.29, 1.82) is 0 Å². The zero-order valence-electron chi connectivity index (χ0n) is 11.2. The maximum atomic E-state index is 11.6. The van der Waals surface area contributed by atoms with E-state index in [1.165, 1.54) is 0 Å². The van der Waals surface area contributed by atoms with Gasteiger partial charge in [-0.05, 0) is 20.3 Å². The molecule has 1 aliphatic heterocycles. The van der Waals surface area contributed by atoms with Gasteiger partial charge in [-0.1, -0.05) is 6.92 Å². The fourth-order valence-corrected chi connectivity index (χ4v) is 1.81. The van der Waals surface area contributed by atoms with Crippen LogP contribution in [0.3, 0.4) is 0 Å². The van der Waals surface area contributed by atoms with Gasteiger partial charge in [0, 0.05) is 31.7 Å². The average molecular weight is 243 g/mol. The first-order valence-electron chi connectivity index (χ1n) is 6.49. The molecule has 0 bridgehead atoms. The van der Waals surface area contributed by atoms with Crippen LogP contribution in [0.25, 0.3) is 0 Å². The molecule has 0 saturated carbocycles. The summed E-state index contributed by atoms with van der Waals surface area (Å²) in [7, 11) is 0. The molecule has 0 aromatic carbocycles. The van der Waals surface area contributed by atoms with Crippen LogP contribution >= 0.6 is 0 Å². The zero-order valence-corrected chi connectivity index (χ0v) is 11.2. The van der Waals surface area contributed by atoms with Crippen LogP contribution in [0.2, 0.25) is 0 Å². The van der Waals surface area contributed by atoms with Crippen molar-refractivity contribution < 1.29 is 9.53 Å². The summed E-state index contributed by atoms with van der Waals surface area (Å²) < 4.78 is 5.29. The van der Waals surface area contributed by atoms with Gasteiger partial charge in [-0.2, -0.15) is 0 Å². The first-order chi connectivity index (χ1) is 8.11. The summed E-state index contributed by atoms with van der Waals surface area (Å²) in [4.78, 5) is 13.9. The van der Waals surface area contributed by atoms with Crippen molar-refractivity contribution in [3.8, 4) is 0 Å². The Labute approximate surface area is 104 Å². The Morgan fingerprint density at radius 3 is 2.41 bits per heavy atom. The van der Waals surface area contributed by atoms with Crippen LogP contribution in [0.1, 0.15) is 27.2 Å². The average Bonchev–Trinajstić information content (AvgIpc) is 2.29. The van der Waals surface area contributed by atoms with Crippen molar-refractivity contribution in [2.24, 2.45) is 0 Å². The minimum absolute atomic E-state index is 0.0693. The summed E-state index contributed by atoms with van der Waals surface area (Å²) in [5.41, 5.74) is 0. The Morgan fingerprint density at radius 1 is 1.24 bits per heavy atom. The Morgan fingerprint density at radius 2 is 1.82 bits per heavy atom. The highest BCUT2D eigenvalue weighted by molar-refractivity contribution is 5.74. The first-order valence-corrected chi connectivity index (χ1v) is 6.49. The van der Waals surface area contributed by atoms with Gasteiger partial charge in [-0.3, -0.25) is 4.90 Å². The molecule has 17 heavy (non-hydrogen) atoms. The Bertz CT molecular complexity index is 230. The SMILES string of the molecule is CCC(C)NC(=O)NC(C)CN1CCOCC1. The maximum absolute atomic E-state index is 11.6. The number of hydrogen-bond acceptors (Lipinski definition) is 3. The summed E-state index contributed by atoms with van der Waals surface area (Å²) in [6, 6.07) is 0.322. The number of morpholine rings is 1. The van der Waals surface area contributed by atoms with Crippen molar-refractivity contribution in [1.82, 2.24) is 15.5 Å². The zero-order chi connectivity index (χ0) is 12.7. The third-order valence-corrected chi connectivity index (χ3v) is 3.00. The van der Waals surface area contributed by atoms with Gasteiger partial charge >= 0.3 is 6.03 Å². The number of carbonyl (C=O) groups excluding carboxylic acids is 1. The van der Waals surface area contributed by atoms with Gasteiger partial charge < -0.3 is 15.4 Å². The molecular formula is C12H25N3O2. The predicted molar refractivity (Wildman–Crippen MR) is 68.1 cm³/mol. The van der Waals surface area contributed by atoms with E-state index in [0.29, 0.717) is 0 Å². The first kappa shape index (κ1) is 14.3. The number of hydrogen-bond donors (Lipinski definition) is 2. The monoisotopic (exact) mass is 243 g/mol. The van der Waals surface area contributed by atoms with E-state index in [-0.39, 0.29) is 18.1 Å². The number of urea groups is 1. The Kier molecular flexibility index (Phi) is 6.29. The number of rotatable bonds is 5. The molecule has 0 aliphatic carbocycles. The van der Waals surface area contributed by atoms with E-state index in [0.717, 1.165) is 39.3 Å². The molecule has 100 valence electrons. The molecule has 0 spiro atoms. The summed E-state index contributed by atoms with van der Waals surface area (Å²) in [5.74, 6) is 0. The lowest BCUT2D eigenvalue weighted by atomic mass is 10.2. The van der Waals surface area contributed by atoms with Crippen molar-refractivity contribution >= 4 is 6.03 Å². The van der Waals surface area contributed by atoms with Gasteiger partial charge in [0.05, 0.1) is 13.2 Å². The van der Waals surface area contributed by atoms with Gasteiger partial charge in [-0.15, -0.1) is 0 Å². The molecule has 0 aromatic rings. The van der Waals surface area contributed by atoms with E-state index >= 15 is 0 Å². The van der Waals surface area contributed by atoms with Gasteiger partial charge in [0.1, 0.15) is 0 Å². The lowest BCUT2D eigenvalue weighted by Gasteiger charge is -2.29. The molecule has 1 aliphatic rings. The number of nitrogens with zero attached hydrogens (tertiary/aromatic N) is 1.